The standard InChI is InChI=1S/C15H13O3S/c16-14(11-19-17)18-15(12-7-3-1-4-8-12)13-9-5-2-6-10-13/h1-10,15H,11H2/q+1. The van der Waals surface area contributed by atoms with E-state index < -0.39 is 12.1 Å². The lowest BCUT2D eigenvalue weighted by molar-refractivity contribution is -0.144. The number of rotatable bonds is 5. The molecule has 4 heteroatoms. The predicted octanol–water partition coefficient (Wildman–Crippen LogP) is 2.75. The fourth-order valence-electron chi connectivity index (χ4n) is 1.80. The molecule has 0 saturated heterocycles. The van der Waals surface area contributed by atoms with E-state index in [1.54, 1.807) is 0 Å². The van der Waals surface area contributed by atoms with Gasteiger partial charge in [-0.15, -0.1) is 0 Å². The molecule has 0 aromatic heterocycles. The molecule has 0 fully saturated rings. The van der Waals surface area contributed by atoms with Gasteiger partial charge in [0.05, 0.1) is 0 Å². The number of esters is 1. The molecule has 3 nitrogen and oxygen atoms in total. The van der Waals surface area contributed by atoms with Crippen LogP contribution >= 0.6 is 0 Å². The van der Waals surface area contributed by atoms with Gasteiger partial charge in [0.1, 0.15) is 0 Å². The zero-order chi connectivity index (χ0) is 13.5. The summed E-state index contributed by atoms with van der Waals surface area (Å²) in [6.07, 6.45) is -0.470. The number of ether oxygens (including phenoxy) is 1. The van der Waals surface area contributed by atoms with E-state index in [4.69, 9.17) is 4.74 Å². The van der Waals surface area contributed by atoms with Crippen LogP contribution in [-0.4, -0.2) is 11.7 Å². The summed E-state index contributed by atoms with van der Waals surface area (Å²) in [4.78, 5) is 11.6. The fourth-order valence-corrected chi connectivity index (χ4v) is 1.96. The highest BCUT2D eigenvalue weighted by atomic mass is 32.1. The van der Waals surface area contributed by atoms with Gasteiger partial charge >= 0.3 is 23.4 Å². The van der Waals surface area contributed by atoms with Gasteiger partial charge in [-0.3, -0.25) is 0 Å². The molecular weight excluding hydrogens is 260 g/mol. The third-order valence-electron chi connectivity index (χ3n) is 2.63. The molecule has 0 radical (unpaired) electrons. The average Bonchev–Trinajstić information content (AvgIpc) is 2.47. The molecule has 2 aromatic rings. The molecule has 0 N–H and O–H groups in total. The second-order valence-electron chi connectivity index (χ2n) is 3.95. The van der Waals surface area contributed by atoms with E-state index in [0.29, 0.717) is 0 Å². The molecule has 0 saturated carbocycles. The smallest absolute Gasteiger partial charge is 0.448 e. The van der Waals surface area contributed by atoms with Crippen molar-refractivity contribution in [2.45, 2.75) is 6.10 Å². The maximum Gasteiger partial charge on any atom is 0.471 e. The lowest BCUT2D eigenvalue weighted by Gasteiger charge is -2.17. The molecule has 0 spiro atoms. The highest BCUT2D eigenvalue weighted by Gasteiger charge is 2.21. The van der Waals surface area contributed by atoms with Crippen LogP contribution in [0.1, 0.15) is 17.2 Å². The van der Waals surface area contributed by atoms with Crippen molar-refractivity contribution >= 4 is 17.6 Å². The highest BCUT2D eigenvalue weighted by Crippen LogP contribution is 2.25. The van der Waals surface area contributed by atoms with Gasteiger partial charge in [0.15, 0.2) is 6.10 Å². The first-order valence-corrected chi connectivity index (χ1v) is 6.76. The number of carbonyl (C=O) groups excluding carboxylic acids is 1. The normalized spacial score (nSPS) is 10.2. The van der Waals surface area contributed by atoms with Gasteiger partial charge in [-0.25, -0.2) is 4.79 Å². The zero-order valence-corrected chi connectivity index (χ0v) is 11.0. The molecule has 0 bridgehead atoms. The van der Waals surface area contributed by atoms with Gasteiger partial charge in [-0.2, -0.15) is 0 Å². The summed E-state index contributed by atoms with van der Waals surface area (Å²) in [5.41, 5.74) is 1.77. The lowest BCUT2D eigenvalue weighted by Crippen LogP contribution is -2.15. The van der Waals surface area contributed by atoms with Crippen LogP contribution in [-0.2, 0) is 25.4 Å². The topological polar surface area (TPSA) is 43.4 Å². The maximum atomic E-state index is 11.6. The van der Waals surface area contributed by atoms with Gasteiger partial charge < -0.3 is 4.74 Å². The van der Waals surface area contributed by atoms with Gasteiger partial charge in [-0.1, -0.05) is 60.7 Å². The summed E-state index contributed by atoms with van der Waals surface area (Å²) in [5, 5.41) is 0. The van der Waals surface area contributed by atoms with Crippen LogP contribution in [0, 0.1) is 0 Å². The lowest BCUT2D eigenvalue weighted by atomic mass is 10.0. The summed E-state index contributed by atoms with van der Waals surface area (Å²) in [6, 6.07) is 19.0. The van der Waals surface area contributed by atoms with E-state index in [9.17, 15) is 9.00 Å². The molecule has 0 aliphatic heterocycles. The second kappa shape index (κ2) is 6.75. The van der Waals surface area contributed by atoms with E-state index in [-0.39, 0.29) is 17.4 Å². The van der Waals surface area contributed by atoms with Crippen molar-refractivity contribution in [3.05, 3.63) is 71.8 Å². The van der Waals surface area contributed by atoms with Crippen molar-refractivity contribution in [3.8, 4) is 0 Å². The Labute approximate surface area is 115 Å². The van der Waals surface area contributed by atoms with Crippen molar-refractivity contribution in [3.63, 3.8) is 0 Å². The minimum Gasteiger partial charge on any atom is -0.448 e. The maximum absolute atomic E-state index is 11.6. The number of hydrogen-bond donors (Lipinski definition) is 0. The Morgan fingerprint density at radius 2 is 1.42 bits per heavy atom. The Bertz CT molecular complexity index is 500. The summed E-state index contributed by atoms with van der Waals surface area (Å²) in [7, 11) is 0. The second-order valence-corrected chi connectivity index (χ2v) is 4.48. The van der Waals surface area contributed by atoms with E-state index in [1.807, 2.05) is 60.7 Å². The third-order valence-corrected chi connectivity index (χ3v) is 2.98. The summed E-state index contributed by atoms with van der Waals surface area (Å²) >= 11 is 0.218. The summed E-state index contributed by atoms with van der Waals surface area (Å²) in [5.74, 6) is -0.686. The fraction of sp³-hybridized carbons (Fsp3) is 0.133. The van der Waals surface area contributed by atoms with Gasteiger partial charge in [0.25, 0.3) is 0 Å². The Morgan fingerprint density at radius 1 is 0.947 bits per heavy atom. The van der Waals surface area contributed by atoms with Crippen LogP contribution in [0.25, 0.3) is 0 Å². The SMILES string of the molecule is O=[S+]CC(=O)OC(c1ccccc1)c1ccccc1. The summed E-state index contributed by atoms with van der Waals surface area (Å²) < 4.78 is 15.8. The van der Waals surface area contributed by atoms with Crippen molar-refractivity contribution in [1.82, 2.24) is 0 Å². The molecule has 96 valence electrons. The highest BCUT2D eigenvalue weighted by molar-refractivity contribution is 7.66. The van der Waals surface area contributed by atoms with Crippen molar-refractivity contribution < 1.29 is 13.7 Å². The molecule has 0 heterocycles. The molecule has 0 unspecified atom stereocenters. The Morgan fingerprint density at radius 3 is 1.84 bits per heavy atom. The van der Waals surface area contributed by atoms with E-state index >= 15 is 0 Å². The van der Waals surface area contributed by atoms with Crippen LogP contribution in [0.4, 0.5) is 0 Å². The molecule has 0 atom stereocenters. The third kappa shape index (κ3) is 3.69. The van der Waals surface area contributed by atoms with E-state index in [2.05, 4.69) is 0 Å². The first-order chi connectivity index (χ1) is 9.31. The predicted molar refractivity (Wildman–Crippen MR) is 73.7 cm³/mol. The number of carbonyl (C=O) groups is 1. The minimum atomic E-state index is -0.502. The number of hydrogen-bond acceptors (Lipinski definition) is 3. The minimum absolute atomic E-state index is 0.184. The number of benzene rings is 2. The van der Waals surface area contributed by atoms with Gasteiger partial charge in [-0.05, 0) is 11.1 Å². The Kier molecular flexibility index (Phi) is 4.75. The molecule has 0 aliphatic rings. The molecule has 0 amide bonds. The van der Waals surface area contributed by atoms with Crippen LogP contribution in [0.2, 0.25) is 0 Å². The zero-order valence-electron chi connectivity index (χ0n) is 10.2. The van der Waals surface area contributed by atoms with Crippen LogP contribution in [0.15, 0.2) is 60.7 Å². The monoisotopic (exact) mass is 273 g/mol. The van der Waals surface area contributed by atoms with Gasteiger partial charge in [0.2, 0.25) is 0 Å². The summed E-state index contributed by atoms with van der Waals surface area (Å²) in [6.45, 7) is 0. The first-order valence-electron chi connectivity index (χ1n) is 5.85. The molecule has 0 aliphatic carbocycles. The average molecular weight is 273 g/mol. The first kappa shape index (κ1) is 13.4. The Balaban J connectivity index is 2.29. The quantitative estimate of drug-likeness (QED) is 0.621. The van der Waals surface area contributed by atoms with Gasteiger partial charge in [0, 0.05) is 4.21 Å². The molecule has 2 rings (SSSR count). The van der Waals surface area contributed by atoms with Crippen molar-refractivity contribution in [2.24, 2.45) is 0 Å². The molecular formula is C15H13O3S+. The van der Waals surface area contributed by atoms with Crippen LogP contribution < -0.4 is 0 Å². The van der Waals surface area contributed by atoms with Crippen molar-refractivity contribution in [2.75, 3.05) is 5.75 Å². The largest absolute Gasteiger partial charge is 0.471 e. The molecule has 2 aromatic carbocycles. The Hall–Kier alpha value is -2.07. The van der Waals surface area contributed by atoms with Crippen LogP contribution in [0.3, 0.4) is 0 Å². The van der Waals surface area contributed by atoms with Crippen LogP contribution in [0.5, 0.6) is 0 Å². The molecule has 19 heavy (non-hydrogen) atoms. The van der Waals surface area contributed by atoms with E-state index in [1.165, 1.54) is 0 Å². The van der Waals surface area contributed by atoms with Crippen molar-refractivity contribution in [1.29, 1.82) is 0 Å². The van der Waals surface area contributed by atoms with E-state index in [0.717, 1.165) is 11.1 Å².